The van der Waals surface area contributed by atoms with E-state index in [0.29, 0.717) is 16.7 Å². The van der Waals surface area contributed by atoms with E-state index in [-0.39, 0.29) is 16.9 Å². The molecule has 4 aliphatic carbocycles. The molecule has 2 unspecified atom stereocenters. The summed E-state index contributed by atoms with van der Waals surface area (Å²) in [5, 5.41) is 18.5. The number of hydrogen-bond acceptors (Lipinski definition) is 9. The highest BCUT2D eigenvalue weighted by Gasteiger charge is 2.59. The van der Waals surface area contributed by atoms with Crippen LogP contribution in [0.15, 0.2) is 12.7 Å². The van der Waals surface area contributed by atoms with E-state index in [2.05, 4.69) is 20.4 Å². The van der Waals surface area contributed by atoms with Gasteiger partial charge in [-0.1, -0.05) is 0 Å². The van der Waals surface area contributed by atoms with Gasteiger partial charge in [0.1, 0.15) is 16.0 Å². The monoisotopic (exact) mass is 464 g/mol. The van der Waals surface area contributed by atoms with Crippen LogP contribution in [-0.4, -0.2) is 52.9 Å². The first-order valence-electron chi connectivity index (χ1n) is 11.4. The van der Waals surface area contributed by atoms with Gasteiger partial charge in [-0.05, 0) is 73.5 Å². The van der Waals surface area contributed by atoms with Gasteiger partial charge in [0.15, 0.2) is 17.8 Å². The number of aromatic nitrogens is 8. The van der Waals surface area contributed by atoms with Gasteiger partial charge in [0, 0.05) is 6.42 Å². The predicted octanol–water partition coefficient (Wildman–Crippen LogP) is 2.96. The second-order valence-corrected chi connectivity index (χ2v) is 11.4. The second-order valence-electron chi connectivity index (χ2n) is 10.4. The average Bonchev–Trinajstić information content (AvgIpc) is 3.50. The normalized spacial score (nSPS) is 30.5. The van der Waals surface area contributed by atoms with Gasteiger partial charge in [-0.15, -0.1) is 26.6 Å². The molecule has 4 saturated carbocycles. The molecule has 4 aliphatic rings. The Kier molecular flexibility index (Phi) is 3.88. The molecule has 0 spiro atoms. The Bertz CT molecular complexity index is 1390. The Morgan fingerprint density at radius 3 is 2.82 bits per heavy atom. The van der Waals surface area contributed by atoms with Crippen molar-refractivity contribution in [2.24, 2.45) is 17.3 Å². The van der Waals surface area contributed by atoms with Crippen LogP contribution in [0.1, 0.15) is 59.6 Å². The third-order valence-electron chi connectivity index (χ3n) is 8.14. The molecule has 4 atom stereocenters. The number of aryl methyl sites for hydroxylation is 1. The molecule has 11 heteroatoms. The number of rotatable bonds is 4. The number of esters is 1. The molecule has 0 amide bonds. The fraction of sp³-hybridized carbons (Fsp3) is 0.591. The maximum atomic E-state index is 12.2. The van der Waals surface area contributed by atoms with Gasteiger partial charge in [0.2, 0.25) is 0 Å². The first-order valence-corrected chi connectivity index (χ1v) is 12.2. The van der Waals surface area contributed by atoms with Gasteiger partial charge < -0.3 is 4.74 Å². The number of carbonyl (C=O) groups is 1. The van der Waals surface area contributed by atoms with Crippen molar-refractivity contribution < 1.29 is 9.53 Å². The minimum absolute atomic E-state index is 0.0199. The summed E-state index contributed by atoms with van der Waals surface area (Å²) < 4.78 is 6.70. The van der Waals surface area contributed by atoms with Crippen LogP contribution in [-0.2, 0) is 16.7 Å². The van der Waals surface area contributed by atoms with Crippen molar-refractivity contribution in [2.45, 2.75) is 57.4 Å². The molecule has 4 bridgehead atoms. The summed E-state index contributed by atoms with van der Waals surface area (Å²) in [4.78, 5) is 25.0. The zero-order valence-electron chi connectivity index (χ0n) is 18.6. The van der Waals surface area contributed by atoms with Crippen LogP contribution >= 0.6 is 11.3 Å². The predicted molar refractivity (Wildman–Crippen MR) is 119 cm³/mol. The molecule has 4 aromatic heterocycles. The minimum Gasteiger partial charge on any atom is -0.465 e. The van der Waals surface area contributed by atoms with Gasteiger partial charge in [-0.3, -0.25) is 0 Å². The Morgan fingerprint density at radius 2 is 2.09 bits per heavy atom. The maximum Gasteiger partial charge on any atom is 0.348 e. The van der Waals surface area contributed by atoms with Crippen LogP contribution in [0, 0.1) is 24.2 Å². The van der Waals surface area contributed by atoms with Gasteiger partial charge in [-0.25, -0.2) is 19.3 Å². The number of hydrogen-bond donors (Lipinski definition) is 0. The van der Waals surface area contributed by atoms with E-state index in [4.69, 9.17) is 14.8 Å². The molecule has 4 aromatic rings. The van der Waals surface area contributed by atoms with Crippen LogP contribution in [0.4, 0.5) is 0 Å². The van der Waals surface area contributed by atoms with Crippen molar-refractivity contribution in [3.63, 3.8) is 0 Å². The van der Waals surface area contributed by atoms with Crippen molar-refractivity contribution in [2.75, 3.05) is 7.11 Å². The zero-order chi connectivity index (χ0) is 22.4. The lowest BCUT2D eigenvalue weighted by molar-refractivity contribution is -0.112. The molecule has 4 heterocycles. The third-order valence-corrected chi connectivity index (χ3v) is 9.32. The number of fused-ring (bicyclic) bond motifs is 3. The van der Waals surface area contributed by atoms with Crippen molar-refractivity contribution in [3.8, 4) is 0 Å². The lowest BCUT2D eigenvalue weighted by atomic mass is 9.46. The van der Waals surface area contributed by atoms with Gasteiger partial charge in [0.25, 0.3) is 0 Å². The van der Waals surface area contributed by atoms with Crippen molar-refractivity contribution in [3.05, 3.63) is 28.9 Å². The van der Waals surface area contributed by atoms with E-state index < -0.39 is 0 Å². The molecule has 0 aromatic carbocycles. The van der Waals surface area contributed by atoms with Crippen molar-refractivity contribution in [1.29, 1.82) is 0 Å². The number of nitrogens with zero attached hydrogens (tertiary/aromatic N) is 8. The highest BCUT2D eigenvalue weighted by Crippen LogP contribution is 2.64. The summed E-state index contributed by atoms with van der Waals surface area (Å²) >= 11 is 1.34. The van der Waals surface area contributed by atoms with Crippen LogP contribution in [0.2, 0.25) is 0 Å². The van der Waals surface area contributed by atoms with E-state index in [0.717, 1.165) is 52.9 Å². The van der Waals surface area contributed by atoms with E-state index in [1.165, 1.54) is 37.7 Å². The summed E-state index contributed by atoms with van der Waals surface area (Å²) in [7, 11) is 1.40. The lowest BCUT2D eigenvalue weighted by Gasteiger charge is -2.61. The fourth-order valence-corrected chi connectivity index (χ4v) is 8.56. The fourth-order valence-electron chi connectivity index (χ4n) is 7.50. The molecule has 0 aliphatic heterocycles. The van der Waals surface area contributed by atoms with Crippen LogP contribution in [0.3, 0.4) is 0 Å². The largest absolute Gasteiger partial charge is 0.465 e. The van der Waals surface area contributed by atoms with E-state index in [1.807, 2.05) is 11.7 Å². The first-order chi connectivity index (χ1) is 16.0. The Hall–Kier alpha value is -2.95. The molecular formula is C22H24N8O2S. The SMILES string of the molecule is COC(=O)c1sc2ncn3nc(CC45C[C@H]6C[C@@H](C4)CC(n4ncnn4)(C6)C5)nc3c2c1C. The highest BCUT2D eigenvalue weighted by molar-refractivity contribution is 7.20. The quantitative estimate of drug-likeness (QED) is 0.424. The molecule has 8 rings (SSSR count). The van der Waals surface area contributed by atoms with Crippen LogP contribution in [0.5, 0.6) is 0 Å². The summed E-state index contributed by atoms with van der Waals surface area (Å²) in [5.74, 6) is 1.90. The molecule has 33 heavy (non-hydrogen) atoms. The molecule has 0 radical (unpaired) electrons. The lowest BCUT2D eigenvalue weighted by Crippen LogP contribution is -2.57. The Morgan fingerprint density at radius 1 is 1.27 bits per heavy atom. The molecule has 0 saturated heterocycles. The molecule has 170 valence electrons. The number of tetrazole rings is 1. The number of ether oxygens (including phenoxy) is 1. The highest BCUT2D eigenvalue weighted by atomic mass is 32.1. The summed E-state index contributed by atoms with van der Waals surface area (Å²) in [6, 6.07) is 0. The smallest absolute Gasteiger partial charge is 0.348 e. The standard InChI is InChI=1S/C22H24N8O2S/c1-12-16-18-26-15(27-29(18)11-23-19(16)33-17(12)20(31)32-2)8-21-4-13-3-14(5-21)7-22(6-13,9-21)30-25-10-24-28-30/h10-11,13-14H,3-9H2,1-2H3/t13-,14+,21?,22?. The van der Waals surface area contributed by atoms with E-state index >= 15 is 0 Å². The molecule has 0 N–H and O–H groups in total. The number of methoxy groups -OCH3 is 1. The summed E-state index contributed by atoms with van der Waals surface area (Å²) in [6.07, 6.45) is 11.2. The van der Waals surface area contributed by atoms with Gasteiger partial charge in [-0.2, -0.15) is 4.80 Å². The van der Waals surface area contributed by atoms with Crippen molar-refractivity contribution in [1.82, 2.24) is 39.8 Å². The zero-order valence-corrected chi connectivity index (χ0v) is 19.4. The number of carbonyl (C=O) groups excluding carboxylic acids is 1. The topological polar surface area (TPSA) is 113 Å². The van der Waals surface area contributed by atoms with Crippen LogP contribution in [0.25, 0.3) is 15.9 Å². The van der Waals surface area contributed by atoms with Crippen molar-refractivity contribution >= 4 is 33.2 Å². The minimum atomic E-state index is -0.339. The molecular weight excluding hydrogens is 440 g/mol. The van der Waals surface area contributed by atoms with Gasteiger partial charge >= 0.3 is 5.97 Å². The molecule has 10 nitrogen and oxygen atoms in total. The van der Waals surface area contributed by atoms with E-state index in [9.17, 15) is 4.79 Å². The van der Waals surface area contributed by atoms with E-state index in [1.54, 1.807) is 17.2 Å². The summed E-state index contributed by atoms with van der Waals surface area (Å²) in [6.45, 7) is 1.93. The molecule has 4 fully saturated rings. The third kappa shape index (κ3) is 2.74. The Balaban J connectivity index is 1.28. The van der Waals surface area contributed by atoms with Gasteiger partial charge in [0.05, 0.1) is 18.0 Å². The summed E-state index contributed by atoms with van der Waals surface area (Å²) in [5.41, 5.74) is 1.76. The maximum absolute atomic E-state index is 12.2. The first kappa shape index (κ1) is 19.5. The Labute approximate surface area is 193 Å². The number of thiophene rings is 1. The average molecular weight is 465 g/mol. The van der Waals surface area contributed by atoms with Crippen LogP contribution < -0.4 is 0 Å². The second kappa shape index (κ2) is 6.55.